The van der Waals surface area contributed by atoms with Gasteiger partial charge >= 0.3 is 0 Å². The van der Waals surface area contributed by atoms with Gasteiger partial charge in [-0.2, -0.15) is 0 Å². The van der Waals surface area contributed by atoms with Crippen molar-refractivity contribution >= 4 is 14.1 Å². The molecule has 0 spiro atoms. The number of carbonyl (C=O) groups excluding carboxylic acids is 1. The minimum Gasteiger partial charge on any atom is -0.413 e. The van der Waals surface area contributed by atoms with Crippen molar-refractivity contribution in [2.45, 2.75) is 117 Å². The van der Waals surface area contributed by atoms with Crippen LogP contribution in [0.3, 0.4) is 0 Å². The largest absolute Gasteiger partial charge is 0.413 e. The van der Waals surface area contributed by atoms with Gasteiger partial charge < -0.3 is 4.43 Å². The second-order valence-corrected chi connectivity index (χ2v) is 17.3. The Hall–Kier alpha value is -0.413. The van der Waals surface area contributed by atoms with E-state index in [4.69, 9.17) is 4.43 Å². The van der Waals surface area contributed by atoms with Crippen molar-refractivity contribution in [3.63, 3.8) is 0 Å². The zero-order valence-corrected chi connectivity index (χ0v) is 21.1. The summed E-state index contributed by atoms with van der Waals surface area (Å²) < 4.78 is 7.07. The lowest BCUT2D eigenvalue weighted by molar-refractivity contribution is -0.118. The summed E-state index contributed by atoms with van der Waals surface area (Å²) >= 11 is 0. The Labute approximate surface area is 180 Å². The first-order valence-electron chi connectivity index (χ1n) is 12.4. The molecule has 2 nitrogen and oxygen atoms in total. The van der Waals surface area contributed by atoms with E-state index >= 15 is 0 Å². The first-order valence-corrected chi connectivity index (χ1v) is 15.3. The second-order valence-electron chi connectivity index (χ2n) is 12.5. The van der Waals surface area contributed by atoms with Crippen LogP contribution >= 0.6 is 0 Å². The zero-order valence-electron chi connectivity index (χ0n) is 20.1. The maximum absolute atomic E-state index is 12.1. The Morgan fingerprint density at radius 1 is 1.07 bits per heavy atom. The van der Waals surface area contributed by atoms with Crippen LogP contribution in [0.5, 0.6) is 0 Å². The van der Waals surface area contributed by atoms with Gasteiger partial charge in [0.25, 0.3) is 0 Å². The summed E-state index contributed by atoms with van der Waals surface area (Å²) in [6.45, 7) is 16.9. The minimum absolute atomic E-state index is 0.282. The topological polar surface area (TPSA) is 26.3 Å². The Kier molecular flexibility index (Phi) is 5.30. The molecule has 1 unspecified atom stereocenters. The lowest BCUT2D eigenvalue weighted by Gasteiger charge is -2.59. The Balaban J connectivity index is 1.60. The maximum Gasteiger partial charge on any atom is 0.192 e. The molecule has 0 saturated heterocycles. The van der Waals surface area contributed by atoms with Crippen molar-refractivity contribution in [1.29, 1.82) is 0 Å². The number of hydrogen-bond acceptors (Lipinski definition) is 2. The maximum atomic E-state index is 12.1. The Bertz CT molecular complexity index is 702. The number of ketones is 1. The molecule has 0 aliphatic heterocycles. The molecule has 0 N–H and O–H groups in total. The van der Waals surface area contributed by atoms with Crippen LogP contribution in [0, 0.1) is 28.6 Å². The normalized spacial score (nSPS) is 42.7. The van der Waals surface area contributed by atoms with E-state index in [1.165, 1.54) is 50.5 Å². The van der Waals surface area contributed by atoms with Gasteiger partial charge in [-0.3, -0.25) is 4.79 Å². The van der Waals surface area contributed by atoms with Crippen molar-refractivity contribution in [3.8, 4) is 0 Å². The van der Waals surface area contributed by atoms with E-state index in [-0.39, 0.29) is 5.04 Å². The molecule has 3 saturated carbocycles. The summed E-state index contributed by atoms with van der Waals surface area (Å²) in [4.78, 5) is 12.1. The van der Waals surface area contributed by atoms with Crippen molar-refractivity contribution in [3.05, 3.63) is 11.6 Å². The summed E-state index contributed by atoms with van der Waals surface area (Å²) in [6.07, 6.45) is 13.4. The first-order chi connectivity index (χ1) is 13.4. The highest BCUT2D eigenvalue weighted by atomic mass is 28.4. The van der Waals surface area contributed by atoms with Crippen molar-refractivity contribution in [1.82, 2.24) is 0 Å². The van der Waals surface area contributed by atoms with Gasteiger partial charge in [0, 0.05) is 6.42 Å². The average molecular weight is 417 g/mol. The van der Waals surface area contributed by atoms with E-state index < -0.39 is 8.32 Å². The molecule has 164 valence electrons. The number of carbonyl (C=O) groups is 1. The van der Waals surface area contributed by atoms with Gasteiger partial charge in [0.05, 0.1) is 6.10 Å². The number of rotatable bonds is 3. The third-order valence-electron chi connectivity index (χ3n) is 10.5. The van der Waals surface area contributed by atoms with E-state index in [1.54, 1.807) is 0 Å². The lowest BCUT2D eigenvalue weighted by atomic mass is 9.46. The van der Waals surface area contributed by atoms with E-state index in [0.29, 0.717) is 22.7 Å². The van der Waals surface area contributed by atoms with Crippen LogP contribution in [0.15, 0.2) is 11.6 Å². The summed E-state index contributed by atoms with van der Waals surface area (Å²) in [5, 5.41) is 0.282. The third kappa shape index (κ3) is 3.25. The van der Waals surface area contributed by atoms with Crippen LogP contribution in [0.25, 0.3) is 0 Å². The van der Waals surface area contributed by atoms with Crippen LogP contribution in [-0.2, 0) is 9.22 Å². The van der Waals surface area contributed by atoms with Crippen molar-refractivity contribution in [2.24, 2.45) is 28.6 Å². The molecule has 3 fully saturated rings. The summed E-state index contributed by atoms with van der Waals surface area (Å²) in [5.74, 6) is 2.84. The second kappa shape index (κ2) is 7.05. The molecule has 29 heavy (non-hydrogen) atoms. The smallest absolute Gasteiger partial charge is 0.192 e. The van der Waals surface area contributed by atoms with Crippen LogP contribution in [-0.4, -0.2) is 20.2 Å². The Morgan fingerprint density at radius 2 is 1.79 bits per heavy atom. The van der Waals surface area contributed by atoms with Gasteiger partial charge in [0.15, 0.2) is 14.1 Å². The van der Waals surface area contributed by atoms with Gasteiger partial charge in [0.1, 0.15) is 0 Å². The summed E-state index contributed by atoms with van der Waals surface area (Å²) in [7, 11) is -1.74. The van der Waals surface area contributed by atoms with E-state index in [1.807, 2.05) is 0 Å². The summed E-state index contributed by atoms with van der Waals surface area (Å²) in [6, 6.07) is 0. The van der Waals surface area contributed by atoms with Gasteiger partial charge in [-0.05, 0) is 104 Å². The lowest BCUT2D eigenvalue weighted by Crippen LogP contribution is -2.54. The highest BCUT2D eigenvalue weighted by Crippen LogP contribution is 2.66. The van der Waals surface area contributed by atoms with Crippen LogP contribution in [0.1, 0.15) is 92.4 Å². The molecule has 4 rings (SSSR count). The Morgan fingerprint density at radius 3 is 2.45 bits per heavy atom. The number of allylic oxidation sites excluding steroid dienone is 1. The molecule has 0 bridgehead atoms. The molecule has 4 aliphatic carbocycles. The highest BCUT2D eigenvalue weighted by molar-refractivity contribution is 6.74. The molecule has 4 aliphatic rings. The molecule has 0 aromatic heterocycles. The van der Waals surface area contributed by atoms with Crippen molar-refractivity contribution in [2.75, 3.05) is 0 Å². The molecular formula is C26H44O2Si. The van der Waals surface area contributed by atoms with Crippen LogP contribution in [0.4, 0.5) is 0 Å². The monoisotopic (exact) mass is 416 g/mol. The third-order valence-corrected chi connectivity index (χ3v) is 15.0. The van der Waals surface area contributed by atoms with Gasteiger partial charge in [-0.15, -0.1) is 0 Å². The minimum atomic E-state index is -1.74. The number of hydrogen-bond donors (Lipinski definition) is 0. The summed E-state index contributed by atoms with van der Waals surface area (Å²) in [5.41, 5.74) is 2.21. The zero-order chi connectivity index (χ0) is 21.2. The molecule has 0 amide bonds. The number of fused-ring (bicyclic) bond motifs is 5. The standard InChI is InChI=1S/C26H44O2Si/c1-8-26-16-13-19(27)17-18(26)9-10-20-21-11-12-23(25(21,5)15-14-22(20)26)28-29(6,7)24(2,3)4/h17,20-23H,8-16H2,1-7H3/t20-,21-,22+,23?,25-,26-/m0/s1. The molecule has 0 aromatic carbocycles. The first kappa shape index (κ1) is 21.8. The van der Waals surface area contributed by atoms with Gasteiger partial charge in [-0.1, -0.05) is 40.2 Å². The fourth-order valence-corrected chi connectivity index (χ4v) is 9.16. The average Bonchev–Trinajstić information content (AvgIpc) is 2.96. The molecule has 3 heteroatoms. The fourth-order valence-electron chi connectivity index (χ4n) is 7.70. The molecule has 0 radical (unpaired) electrons. The quantitative estimate of drug-likeness (QED) is 0.451. The van der Waals surface area contributed by atoms with Crippen LogP contribution in [0.2, 0.25) is 18.1 Å². The molecule has 6 atom stereocenters. The van der Waals surface area contributed by atoms with Gasteiger partial charge in [0.2, 0.25) is 0 Å². The molecule has 0 aromatic rings. The van der Waals surface area contributed by atoms with E-state index in [0.717, 1.165) is 30.6 Å². The van der Waals surface area contributed by atoms with Crippen LogP contribution < -0.4 is 0 Å². The molecule has 0 heterocycles. The van der Waals surface area contributed by atoms with E-state index in [9.17, 15) is 4.79 Å². The predicted molar refractivity (Wildman–Crippen MR) is 123 cm³/mol. The molecular weight excluding hydrogens is 372 g/mol. The highest BCUT2D eigenvalue weighted by Gasteiger charge is 2.60. The van der Waals surface area contributed by atoms with E-state index in [2.05, 4.69) is 53.8 Å². The SMILES string of the molecule is CC[C@]12CCC(=O)C=C1CC[C@@H]1[C@H]2CC[C@]2(C)C(O[Si](C)(C)C(C)(C)C)CC[C@@H]12. The fraction of sp³-hybridized carbons (Fsp3) is 0.885. The van der Waals surface area contributed by atoms with Crippen molar-refractivity contribution < 1.29 is 9.22 Å². The predicted octanol–water partition coefficient (Wildman–Crippen LogP) is 7.30. The van der Waals surface area contributed by atoms with Gasteiger partial charge in [-0.25, -0.2) is 0 Å².